The fourth-order valence-corrected chi connectivity index (χ4v) is 2.50. The van der Waals surface area contributed by atoms with Crippen LogP contribution in [-0.4, -0.2) is 19.9 Å². The molecule has 1 aliphatic heterocycles. The molecule has 1 saturated carbocycles. The third-order valence-corrected chi connectivity index (χ3v) is 3.55. The first kappa shape index (κ1) is 11.7. The highest BCUT2D eigenvalue weighted by Gasteiger charge is 2.45. The van der Waals surface area contributed by atoms with Crippen LogP contribution in [0.1, 0.15) is 18.4 Å². The number of nitrogens with one attached hydrogen (secondary N) is 1. The maximum Gasteiger partial charge on any atom is 0.586 e. The van der Waals surface area contributed by atoms with Crippen molar-refractivity contribution in [1.29, 1.82) is 0 Å². The van der Waals surface area contributed by atoms with Gasteiger partial charge in [-0.15, -0.1) is 8.78 Å². The third kappa shape index (κ3) is 2.14. The minimum absolute atomic E-state index is 0.113. The lowest BCUT2D eigenvalue weighted by Crippen LogP contribution is -2.25. The quantitative estimate of drug-likeness (QED) is 0.897. The van der Waals surface area contributed by atoms with E-state index in [9.17, 15) is 8.78 Å². The summed E-state index contributed by atoms with van der Waals surface area (Å²) in [6, 6.07) is 5.05. The molecule has 2 aliphatic rings. The summed E-state index contributed by atoms with van der Waals surface area (Å²) in [5, 5.41) is 3.18. The van der Waals surface area contributed by atoms with Gasteiger partial charge in [0.15, 0.2) is 11.5 Å². The van der Waals surface area contributed by atoms with Gasteiger partial charge in [0.2, 0.25) is 0 Å². The Morgan fingerprint density at radius 2 is 1.94 bits per heavy atom. The normalized spacial score (nSPS) is 21.9. The highest BCUT2D eigenvalue weighted by atomic mass is 19.3. The third-order valence-electron chi connectivity index (χ3n) is 3.55. The summed E-state index contributed by atoms with van der Waals surface area (Å²) in [4.78, 5) is 0. The largest absolute Gasteiger partial charge is 0.586 e. The van der Waals surface area contributed by atoms with Crippen molar-refractivity contribution >= 4 is 0 Å². The molecule has 0 unspecified atom stereocenters. The Balaban J connectivity index is 1.76. The molecule has 0 aromatic heterocycles. The topological polar surface area (TPSA) is 30.5 Å². The van der Waals surface area contributed by atoms with Crippen LogP contribution in [0.5, 0.6) is 11.5 Å². The number of ether oxygens (including phenoxy) is 2. The number of hydrogen-bond donors (Lipinski definition) is 1. The molecule has 5 heteroatoms. The zero-order valence-corrected chi connectivity index (χ0v) is 10.1. The summed E-state index contributed by atoms with van der Waals surface area (Å²) in [5.41, 5.74) is 1.31. The molecule has 0 saturated heterocycles. The fraction of sp³-hybridized carbons (Fsp3) is 0.538. The van der Waals surface area contributed by atoms with Crippen LogP contribution in [0.2, 0.25) is 0 Å². The second kappa shape index (κ2) is 3.82. The van der Waals surface area contributed by atoms with Crippen molar-refractivity contribution in [2.75, 3.05) is 13.6 Å². The summed E-state index contributed by atoms with van der Waals surface area (Å²) in [6.45, 7) is 0.956. The number of halogens is 2. The molecular weight excluding hydrogens is 240 g/mol. The van der Waals surface area contributed by atoms with E-state index in [4.69, 9.17) is 0 Å². The Morgan fingerprint density at radius 3 is 2.61 bits per heavy atom. The van der Waals surface area contributed by atoms with E-state index in [0.29, 0.717) is 5.41 Å². The van der Waals surface area contributed by atoms with Crippen molar-refractivity contribution in [3.8, 4) is 11.5 Å². The van der Waals surface area contributed by atoms with Gasteiger partial charge in [-0.1, -0.05) is 6.07 Å². The van der Waals surface area contributed by atoms with Gasteiger partial charge in [0.25, 0.3) is 0 Å². The average Bonchev–Trinajstić information content (AvgIpc) is 2.94. The molecule has 1 heterocycles. The van der Waals surface area contributed by atoms with E-state index in [2.05, 4.69) is 14.8 Å². The summed E-state index contributed by atoms with van der Waals surface area (Å²) >= 11 is 0. The Hall–Kier alpha value is -1.36. The zero-order valence-electron chi connectivity index (χ0n) is 10.1. The molecule has 3 rings (SSSR count). The molecule has 1 aliphatic carbocycles. The van der Waals surface area contributed by atoms with E-state index in [1.165, 1.54) is 12.8 Å². The molecule has 0 amide bonds. The van der Waals surface area contributed by atoms with Crippen LogP contribution in [0.25, 0.3) is 0 Å². The molecule has 0 bridgehead atoms. The SMILES string of the molecule is CNCC1(Cc2ccc3c(c2)OC(F)(F)O3)CC1. The first-order valence-electron chi connectivity index (χ1n) is 6.05. The average molecular weight is 255 g/mol. The number of hydrogen-bond acceptors (Lipinski definition) is 3. The maximum atomic E-state index is 12.9. The monoisotopic (exact) mass is 255 g/mol. The van der Waals surface area contributed by atoms with Crippen molar-refractivity contribution in [3.05, 3.63) is 23.8 Å². The molecule has 1 fully saturated rings. The number of alkyl halides is 2. The van der Waals surface area contributed by atoms with Gasteiger partial charge in [-0.2, -0.15) is 0 Å². The Morgan fingerprint density at radius 1 is 1.22 bits per heavy atom. The second-order valence-corrected chi connectivity index (χ2v) is 5.16. The minimum Gasteiger partial charge on any atom is -0.395 e. The lowest BCUT2D eigenvalue weighted by atomic mass is 9.96. The van der Waals surface area contributed by atoms with E-state index < -0.39 is 6.29 Å². The zero-order chi connectivity index (χ0) is 12.8. The van der Waals surface area contributed by atoms with Gasteiger partial charge in [0.05, 0.1) is 0 Å². The van der Waals surface area contributed by atoms with Crippen molar-refractivity contribution < 1.29 is 18.3 Å². The standard InChI is InChI=1S/C13H15F2NO2/c1-16-8-12(4-5-12)7-9-2-3-10-11(6-9)18-13(14,15)17-10/h2-3,6,16H,4-5,7-8H2,1H3. The van der Waals surface area contributed by atoms with Crippen LogP contribution in [0.4, 0.5) is 8.78 Å². The van der Waals surface area contributed by atoms with Crippen LogP contribution < -0.4 is 14.8 Å². The highest BCUT2D eigenvalue weighted by Crippen LogP contribution is 2.49. The highest BCUT2D eigenvalue weighted by molar-refractivity contribution is 5.45. The molecule has 0 radical (unpaired) electrons. The predicted octanol–water partition coefficient (Wildman–Crippen LogP) is 2.55. The smallest absolute Gasteiger partial charge is 0.395 e. The van der Waals surface area contributed by atoms with Gasteiger partial charge >= 0.3 is 6.29 Å². The minimum atomic E-state index is -3.52. The summed E-state index contributed by atoms with van der Waals surface area (Å²) in [6.07, 6.45) is -0.282. The van der Waals surface area contributed by atoms with Gasteiger partial charge in [-0.05, 0) is 49.4 Å². The second-order valence-electron chi connectivity index (χ2n) is 5.16. The van der Waals surface area contributed by atoms with E-state index in [1.807, 2.05) is 13.1 Å². The van der Waals surface area contributed by atoms with E-state index in [0.717, 1.165) is 18.5 Å². The molecular formula is C13H15F2NO2. The molecule has 0 atom stereocenters. The van der Waals surface area contributed by atoms with Crippen LogP contribution >= 0.6 is 0 Å². The molecule has 1 aromatic carbocycles. The van der Waals surface area contributed by atoms with Crippen molar-refractivity contribution in [3.63, 3.8) is 0 Å². The van der Waals surface area contributed by atoms with E-state index in [-0.39, 0.29) is 11.5 Å². The van der Waals surface area contributed by atoms with Crippen molar-refractivity contribution in [1.82, 2.24) is 5.32 Å². The number of fused-ring (bicyclic) bond motifs is 1. The van der Waals surface area contributed by atoms with Crippen molar-refractivity contribution in [2.45, 2.75) is 25.6 Å². The van der Waals surface area contributed by atoms with E-state index in [1.54, 1.807) is 12.1 Å². The predicted molar refractivity (Wildman–Crippen MR) is 61.9 cm³/mol. The summed E-state index contributed by atoms with van der Waals surface area (Å²) in [5.74, 6) is 0.250. The molecule has 1 N–H and O–H groups in total. The molecule has 98 valence electrons. The molecule has 1 aromatic rings. The van der Waals surface area contributed by atoms with Crippen LogP contribution in [0.3, 0.4) is 0 Å². The lowest BCUT2D eigenvalue weighted by Gasteiger charge is -2.14. The first-order chi connectivity index (χ1) is 8.52. The lowest BCUT2D eigenvalue weighted by molar-refractivity contribution is -0.286. The van der Waals surface area contributed by atoms with Crippen LogP contribution in [-0.2, 0) is 6.42 Å². The van der Waals surface area contributed by atoms with Gasteiger partial charge in [-0.25, -0.2) is 0 Å². The molecule has 0 spiro atoms. The summed E-state index contributed by atoms with van der Waals surface area (Å²) in [7, 11) is 1.93. The van der Waals surface area contributed by atoms with Gasteiger partial charge in [0, 0.05) is 6.54 Å². The Kier molecular flexibility index (Phi) is 2.48. The van der Waals surface area contributed by atoms with Gasteiger partial charge in [-0.3, -0.25) is 0 Å². The van der Waals surface area contributed by atoms with Crippen molar-refractivity contribution in [2.24, 2.45) is 5.41 Å². The van der Waals surface area contributed by atoms with Crippen LogP contribution in [0, 0.1) is 5.41 Å². The molecule has 18 heavy (non-hydrogen) atoms. The Labute approximate surface area is 104 Å². The van der Waals surface area contributed by atoms with E-state index >= 15 is 0 Å². The fourth-order valence-electron chi connectivity index (χ4n) is 2.50. The molecule has 3 nitrogen and oxygen atoms in total. The van der Waals surface area contributed by atoms with Gasteiger partial charge < -0.3 is 14.8 Å². The number of benzene rings is 1. The Bertz CT molecular complexity index is 472. The maximum absolute atomic E-state index is 12.9. The summed E-state index contributed by atoms with van der Waals surface area (Å²) < 4.78 is 34.6. The van der Waals surface area contributed by atoms with Gasteiger partial charge in [0.1, 0.15) is 0 Å². The number of rotatable bonds is 4. The van der Waals surface area contributed by atoms with Crippen LogP contribution in [0.15, 0.2) is 18.2 Å². The first-order valence-corrected chi connectivity index (χ1v) is 6.05.